The highest BCUT2D eigenvalue weighted by Gasteiger charge is 2.06. The van der Waals surface area contributed by atoms with Crippen molar-refractivity contribution in [2.45, 2.75) is 0 Å². The molecule has 2 rings (SSSR count). The number of hydrogen-bond acceptors (Lipinski definition) is 2. The summed E-state index contributed by atoms with van der Waals surface area (Å²) in [6.45, 7) is 0. The Balaban J connectivity index is 2.45. The molecule has 2 aromatic rings. The minimum absolute atomic E-state index is 0.370. The highest BCUT2D eigenvalue weighted by molar-refractivity contribution is 9.10. The van der Waals surface area contributed by atoms with Crippen LogP contribution in [-0.2, 0) is 0 Å². The summed E-state index contributed by atoms with van der Waals surface area (Å²) in [7, 11) is 1.50. The van der Waals surface area contributed by atoms with E-state index in [1.807, 2.05) is 0 Å². The Morgan fingerprint density at radius 2 is 2.27 bits per heavy atom. The summed E-state index contributed by atoms with van der Waals surface area (Å²) in [4.78, 5) is 0. The highest BCUT2D eigenvalue weighted by atomic mass is 79.9. The van der Waals surface area contributed by atoms with Crippen molar-refractivity contribution in [3.63, 3.8) is 0 Å². The van der Waals surface area contributed by atoms with E-state index in [9.17, 15) is 4.39 Å². The number of aromatic nitrogens is 2. The van der Waals surface area contributed by atoms with Crippen LogP contribution in [0.15, 0.2) is 35.1 Å². The first-order valence-corrected chi connectivity index (χ1v) is 5.04. The van der Waals surface area contributed by atoms with Crippen molar-refractivity contribution in [3.05, 3.63) is 40.9 Å². The molecule has 0 bridgehead atoms. The van der Waals surface area contributed by atoms with E-state index in [0.29, 0.717) is 11.4 Å². The number of ether oxygens (including phenoxy) is 1. The fraction of sp³-hybridized carbons (Fsp3) is 0.100. The molecule has 78 valence electrons. The van der Waals surface area contributed by atoms with Gasteiger partial charge in [-0.1, -0.05) is 0 Å². The molecule has 0 radical (unpaired) electrons. The fourth-order valence-electron chi connectivity index (χ4n) is 1.23. The monoisotopic (exact) mass is 270 g/mol. The van der Waals surface area contributed by atoms with Crippen LogP contribution in [-0.4, -0.2) is 16.9 Å². The van der Waals surface area contributed by atoms with Gasteiger partial charge in [0.2, 0.25) is 0 Å². The molecule has 0 aliphatic carbocycles. The van der Waals surface area contributed by atoms with E-state index in [4.69, 9.17) is 4.74 Å². The van der Waals surface area contributed by atoms with Gasteiger partial charge in [-0.25, -0.2) is 9.07 Å². The van der Waals surface area contributed by atoms with Crippen LogP contribution in [0.4, 0.5) is 4.39 Å². The number of methoxy groups -OCH3 is 1. The first-order valence-electron chi connectivity index (χ1n) is 4.25. The molecule has 1 aromatic heterocycles. The van der Waals surface area contributed by atoms with E-state index in [1.54, 1.807) is 24.5 Å². The summed E-state index contributed by atoms with van der Waals surface area (Å²) in [6.07, 6.45) is 3.29. The Morgan fingerprint density at radius 1 is 1.47 bits per heavy atom. The standard InChI is InChI=1S/C10H8BrFN2O/c1-15-8-2-3-10(9(12)4-8)14-6-7(11)5-13-14/h2-6H,1H3. The van der Waals surface area contributed by atoms with Gasteiger partial charge in [0, 0.05) is 12.3 Å². The molecular formula is C10H8BrFN2O. The number of halogens is 2. The second-order valence-electron chi connectivity index (χ2n) is 2.92. The third-order valence-electron chi connectivity index (χ3n) is 1.95. The van der Waals surface area contributed by atoms with Crippen LogP contribution in [0.5, 0.6) is 5.75 Å². The number of nitrogens with zero attached hydrogens (tertiary/aromatic N) is 2. The Bertz CT molecular complexity index is 484. The van der Waals surface area contributed by atoms with Crippen molar-refractivity contribution in [2.75, 3.05) is 7.11 Å². The van der Waals surface area contributed by atoms with Crippen LogP contribution in [0.3, 0.4) is 0 Å². The molecule has 0 spiro atoms. The summed E-state index contributed by atoms with van der Waals surface area (Å²) in [5, 5.41) is 3.99. The second kappa shape index (κ2) is 4.02. The molecule has 0 amide bonds. The average molecular weight is 271 g/mol. The first-order chi connectivity index (χ1) is 7.20. The van der Waals surface area contributed by atoms with Gasteiger partial charge in [-0.15, -0.1) is 0 Å². The van der Waals surface area contributed by atoms with Crippen LogP contribution in [0.1, 0.15) is 0 Å². The third-order valence-corrected chi connectivity index (χ3v) is 2.36. The van der Waals surface area contributed by atoms with E-state index >= 15 is 0 Å². The number of benzene rings is 1. The van der Waals surface area contributed by atoms with Gasteiger partial charge in [0.1, 0.15) is 11.4 Å². The largest absolute Gasteiger partial charge is 0.497 e. The van der Waals surface area contributed by atoms with E-state index in [2.05, 4.69) is 21.0 Å². The summed E-state index contributed by atoms with van der Waals surface area (Å²) in [5.74, 6) is 0.118. The minimum atomic E-state index is -0.370. The quantitative estimate of drug-likeness (QED) is 0.839. The topological polar surface area (TPSA) is 27.1 Å². The van der Waals surface area contributed by atoms with Crippen LogP contribution in [0.25, 0.3) is 5.69 Å². The zero-order valence-corrected chi connectivity index (χ0v) is 9.53. The van der Waals surface area contributed by atoms with Gasteiger partial charge in [0.15, 0.2) is 5.82 Å². The molecule has 0 saturated carbocycles. The predicted molar refractivity (Wildman–Crippen MR) is 57.8 cm³/mol. The zero-order chi connectivity index (χ0) is 10.8. The third kappa shape index (κ3) is 2.02. The van der Waals surface area contributed by atoms with Gasteiger partial charge in [-0.05, 0) is 28.1 Å². The van der Waals surface area contributed by atoms with Gasteiger partial charge in [-0.2, -0.15) is 5.10 Å². The molecule has 1 heterocycles. The lowest BCUT2D eigenvalue weighted by atomic mass is 10.3. The molecule has 0 unspecified atom stereocenters. The number of rotatable bonds is 2. The van der Waals surface area contributed by atoms with Crippen molar-refractivity contribution in [1.82, 2.24) is 9.78 Å². The van der Waals surface area contributed by atoms with E-state index < -0.39 is 0 Å². The maximum absolute atomic E-state index is 13.6. The minimum Gasteiger partial charge on any atom is -0.497 e. The molecular weight excluding hydrogens is 263 g/mol. The SMILES string of the molecule is COc1ccc(-n2cc(Br)cn2)c(F)c1. The van der Waals surface area contributed by atoms with Crippen molar-refractivity contribution in [1.29, 1.82) is 0 Å². The molecule has 0 aliphatic rings. The van der Waals surface area contributed by atoms with Crippen molar-refractivity contribution < 1.29 is 9.13 Å². The van der Waals surface area contributed by atoms with Crippen LogP contribution in [0, 0.1) is 5.82 Å². The number of hydrogen-bond donors (Lipinski definition) is 0. The molecule has 0 N–H and O–H groups in total. The predicted octanol–water partition coefficient (Wildman–Crippen LogP) is 2.78. The normalized spacial score (nSPS) is 10.3. The second-order valence-corrected chi connectivity index (χ2v) is 3.84. The summed E-state index contributed by atoms with van der Waals surface area (Å²) >= 11 is 3.25. The molecule has 3 nitrogen and oxygen atoms in total. The van der Waals surface area contributed by atoms with Gasteiger partial charge in [0.25, 0.3) is 0 Å². The molecule has 0 aliphatic heterocycles. The Morgan fingerprint density at radius 3 is 2.80 bits per heavy atom. The van der Waals surface area contributed by atoms with E-state index in [0.717, 1.165) is 4.47 Å². The lowest BCUT2D eigenvalue weighted by Crippen LogP contribution is -1.98. The fourth-order valence-corrected chi connectivity index (χ4v) is 1.52. The molecule has 5 heteroatoms. The summed E-state index contributed by atoms with van der Waals surface area (Å²) in [5.41, 5.74) is 0.390. The van der Waals surface area contributed by atoms with Crippen LogP contribution in [0.2, 0.25) is 0 Å². The van der Waals surface area contributed by atoms with E-state index in [1.165, 1.54) is 17.9 Å². The van der Waals surface area contributed by atoms with Crippen molar-refractivity contribution >= 4 is 15.9 Å². The van der Waals surface area contributed by atoms with Gasteiger partial charge in [-0.3, -0.25) is 0 Å². The average Bonchev–Trinajstić information content (AvgIpc) is 2.64. The van der Waals surface area contributed by atoms with Crippen molar-refractivity contribution in [2.24, 2.45) is 0 Å². The molecule has 1 aromatic carbocycles. The van der Waals surface area contributed by atoms with Crippen molar-refractivity contribution in [3.8, 4) is 11.4 Å². The molecule has 0 fully saturated rings. The Hall–Kier alpha value is -1.36. The Labute approximate surface area is 94.6 Å². The van der Waals surface area contributed by atoms with Crippen LogP contribution < -0.4 is 4.74 Å². The van der Waals surface area contributed by atoms with Gasteiger partial charge in [0.05, 0.1) is 17.8 Å². The lowest BCUT2D eigenvalue weighted by Gasteiger charge is -2.04. The van der Waals surface area contributed by atoms with Gasteiger partial charge >= 0.3 is 0 Å². The summed E-state index contributed by atoms with van der Waals surface area (Å²) in [6, 6.07) is 4.63. The van der Waals surface area contributed by atoms with Crippen LogP contribution >= 0.6 is 15.9 Å². The first kappa shape index (κ1) is 10.2. The molecule has 15 heavy (non-hydrogen) atoms. The zero-order valence-electron chi connectivity index (χ0n) is 7.95. The highest BCUT2D eigenvalue weighted by Crippen LogP contribution is 2.20. The Kier molecular flexibility index (Phi) is 2.73. The molecule has 0 saturated heterocycles. The van der Waals surface area contributed by atoms with E-state index in [-0.39, 0.29) is 5.82 Å². The maximum atomic E-state index is 13.6. The lowest BCUT2D eigenvalue weighted by molar-refractivity contribution is 0.411. The van der Waals surface area contributed by atoms with Gasteiger partial charge < -0.3 is 4.74 Å². The smallest absolute Gasteiger partial charge is 0.152 e. The maximum Gasteiger partial charge on any atom is 0.152 e. The molecule has 0 atom stereocenters. The summed E-state index contributed by atoms with van der Waals surface area (Å²) < 4.78 is 20.7.